The summed E-state index contributed by atoms with van der Waals surface area (Å²) < 4.78 is 26.6. The van der Waals surface area contributed by atoms with E-state index >= 15 is 0 Å². The quantitative estimate of drug-likeness (QED) is 0.750. The molecule has 2 aromatic carbocycles. The number of hydrogen-bond donors (Lipinski definition) is 3. The summed E-state index contributed by atoms with van der Waals surface area (Å²) in [7, 11) is 0. The van der Waals surface area contributed by atoms with Crippen LogP contribution in [0.3, 0.4) is 0 Å². The second-order valence-corrected chi connectivity index (χ2v) is 4.22. The summed E-state index contributed by atoms with van der Waals surface area (Å²) in [6.07, 6.45) is 0. The molecule has 0 unspecified atom stereocenters. The minimum atomic E-state index is -0.653. The Kier molecular flexibility index (Phi) is 3.84. The highest BCUT2D eigenvalue weighted by Gasteiger charge is 2.11. The average Bonchev–Trinajstić information content (AvgIpc) is 2.40. The Morgan fingerprint density at radius 1 is 1.20 bits per heavy atom. The summed E-state index contributed by atoms with van der Waals surface area (Å²) in [5.41, 5.74) is 11.9. The first kappa shape index (κ1) is 13.8. The van der Waals surface area contributed by atoms with Gasteiger partial charge in [-0.25, -0.2) is 8.78 Å². The minimum Gasteiger partial charge on any atom is -0.397 e. The van der Waals surface area contributed by atoms with Gasteiger partial charge in [0, 0.05) is 12.1 Å². The lowest BCUT2D eigenvalue weighted by molar-refractivity contribution is 0.100. The highest BCUT2D eigenvalue weighted by molar-refractivity contribution is 6.01. The van der Waals surface area contributed by atoms with Crippen LogP contribution in [0, 0.1) is 11.6 Å². The number of halogens is 2. The second kappa shape index (κ2) is 5.56. The van der Waals surface area contributed by atoms with Crippen molar-refractivity contribution in [3.63, 3.8) is 0 Å². The van der Waals surface area contributed by atoms with E-state index in [0.29, 0.717) is 11.4 Å². The van der Waals surface area contributed by atoms with Gasteiger partial charge >= 0.3 is 0 Å². The summed E-state index contributed by atoms with van der Waals surface area (Å²) >= 11 is 0. The standard InChI is InChI=1S/C14H13F2N3O/c15-9-4-5-11(16)8(6-9)7-19-13-10(14(18)20)2-1-3-12(13)17/h1-6,19H,7,17H2,(H2,18,20). The molecule has 4 nitrogen and oxygen atoms in total. The molecule has 0 saturated carbocycles. The van der Waals surface area contributed by atoms with Crippen molar-refractivity contribution >= 4 is 17.3 Å². The molecule has 0 aliphatic heterocycles. The largest absolute Gasteiger partial charge is 0.397 e. The van der Waals surface area contributed by atoms with Gasteiger partial charge in [-0.3, -0.25) is 4.79 Å². The van der Waals surface area contributed by atoms with Crippen LogP contribution in [0.25, 0.3) is 0 Å². The number of nitrogen functional groups attached to an aromatic ring is 1. The summed E-state index contributed by atoms with van der Waals surface area (Å²) in [4.78, 5) is 11.3. The van der Waals surface area contributed by atoms with Crippen LogP contribution in [0.15, 0.2) is 36.4 Å². The molecule has 0 atom stereocenters. The maximum absolute atomic E-state index is 13.5. The number of primary amides is 1. The fourth-order valence-electron chi connectivity index (χ4n) is 1.84. The van der Waals surface area contributed by atoms with Crippen LogP contribution in [0.5, 0.6) is 0 Å². The van der Waals surface area contributed by atoms with Gasteiger partial charge in [0.15, 0.2) is 0 Å². The van der Waals surface area contributed by atoms with Crippen molar-refractivity contribution in [3.8, 4) is 0 Å². The summed E-state index contributed by atoms with van der Waals surface area (Å²) in [5.74, 6) is -1.74. The first-order valence-electron chi connectivity index (χ1n) is 5.85. The monoisotopic (exact) mass is 277 g/mol. The zero-order valence-corrected chi connectivity index (χ0v) is 10.5. The van der Waals surface area contributed by atoms with Gasteiger partial charge in [0.05, 0.1) is 16.9 Å². The Hall–Kier alpha value is -2.63. The van der Waals surface area contributed by atoms with Crippen molar-refractivity contribution < 1.29 is 13.6 Å². The van der Waals surface area contributed by atoms with Crippen molar-refractivity contribution in [1.82, 2.24) is 0 Å². The molecule has 6 heteroatoms. The Labute approximate surface area is 114 Å². The molecular weight excluding hydrogens is 264 g/mol. The molecule has 0 aliphatic rings. The second-order valence-electron chi connectivity index (χ2n) is 4.22. The van der Waals surface area contributed by atoms with Crippen LogP contribution in [-0.4, -0.2) is 5.91 Å². The van der Waals surface area contributed by atoms with E-state index < -0.39 is 17.5 Å². The van der Waals surface area contributed by atoms with E-state index in [0.717, 1.165) is 18.2 Å². The molecule has 0 saturated heterocycles. The van der Waals surface area contributed by atoms with Crippen molar-refractivity contribution in [2.75, 3.05) is 11.1 Å². The number of para-hydroxylation sites is 1. The molecule has 1 amide bonds. The van der Waals surface area contributed by atoms with Crippen LogP contribution in [-0.2, 0) is 6.54 Å². The van der Waals surface area contributed by atoms with E-state index in [1.54, 1.807) is 12.1 Å². The molecule has 104 valence electrons. The number of carbonyl (C=O) groups is 1. The lowest BCUT2D eigenvalue weighted by Crippen LogP contribution is -2.16. The van der Waals surface area contributed by atoms with Crippen LogP contribution < -0.4 is 16.8 Å². The van der Waals surface area contributed by atoms with E-state index in [1.165, 1.54) is 6.07 Å². The van der Waals surface area contributed by atoms with E-state index in [4.69, 9.17) is 11.5 Å². The van der Waals surface area contributed by atoms with Crippen LogP contribution in [0.1, 0.15) is 15.9 Å². The van der Waals surface area contributed by atoms with Gasteiger partial charge in [0.2, 0.25) is 0 Å². The number of nitrogens with one attached hydrogen (secondary N) is 1. The topological polar surface area (TPSA) is 81.1 Å². The van der Waals surface area contributed by atoms with E-state index in [1.807, 2.05) is 0 Å². The first-order valence-corrected chi connectivity index (χ1v) is 5.85. The lowest BCUT2D eigenvalue weighted by Gasteiger charge is -2.13. The predicted molar refractivity (Wildman–Crippen MR) is 73.1 cm³/mol. The maximum Gasteiger partial charge on any atom is 0.250 e. The van der Waals surface area contributed by atoms with E-state index in [-0.39, 0.29) is 17.7 Å². The molecule has 0 radical (unpaired) electrons. The van der Waals surface area contributed by atoms with Crippen molar-refractivity contribution in [1.29, 1.82) is 0 Å². The maximum atomic E-state index is 13.5. The van der Waals surface area contributed by atoms with E-state index in [9.17, 15) is 13.6 Å². The lowest BCUT2D eigenvalue weighted by atomic mass is 10.1. The van der Waals surface area contributed by atoms with Gasteiger partial charge in [0.25, 0.3) is 5.91 Å². The van der Waals surface area contributed by atoms with Gasteiger partial charge < -0.3 is 16.8 Å². The van der Waals surface area contributed by atoms with Gasteiger partial charge in [-0.2, -0.15) is 0 Å². The number of carbonyl (C=O) groups excluding carboxylic acids is 1. The normalized spacial score (nSPS) is 10.3. The van der Waals surface area contributed by atoms with Gasteiger partial charge in [-0.15, -0.1) is 0 Å². The number of rotatable bonds is 4. The van der Waals surface area contributed by atoms with Crippen LogP contribution in [0.4, 0.5) is 20.2 Å². The van der Waals surface area contributed by atoms with Crippen molar-refractivity contribution in [3.05, 3.63) is 59.2 Å². The molecule has 0 aromatic heterocycles. The first-order chi connectivity index (χ1) is 9.49. The third kappa shape index (κ3) is 2.85. The number of nitrogens with two attached hydrogens (primary N) is 2. The van der Waals surface area contributed by atoms with Crippen LogP contribution >= 0.6 is 0 Å². The summed E-state index contributed by atoms with van der Waals surface area (Å²) in [6.45, 7) is -0.0158. The fraction of sp³-hybridized carbons (Fsp3) is 0.0714. The fourth-order valence-corrected chi connectivity index (χ4v) is 1.84. The Morgan fingerprint density at radius 2 is 1.95 bits per heavy atom. The molecule has 2 aromatic rings. The van der Waals surface area contributed by atoms with Crippen LogP contribution in [0.2, 0.25) is 0 Å². The van der Waals surface area contributed by atoms with Gasteiger partial charge in [0.1, 0.15) is 11.6 Å². The molecule has 0 fully saturated rings. The third-order valence-electron chi connectivity index (χ3n) is 2.83. The zero-order chi connectivity index (χ0) is 14.7. The molecule has 0 spiro atoms. The zero-order valence-electron chi connectivity index (χ0n) is 10.5. The highest BCUT2D eigenvalue weighted by atomic mass is 19.1. The minimum absolute atomic E-state index is 0.0158. The Balaban J connectivity index is 2.27. The summed E-state index contributed by atoms with van der Waals surface area (Å²) in [5, 5.41) is 2.81. The summed E-state index contributed by atoms with van der Waals surface area (Å²) in [6, 6.07) is 7.81. The number of amides is 1. The number of anilines is 2. The van der Waals surface area contributed by atoms with Gasteiger partial charge in [-0.05, 0) is 30.3 Å². The third-order valence-corrected chi connectivity index (χ3v) is 2.83. The molecule has 0 bridgehead atoms. The SMILES string of the molecule is NC(=O)c1cccc(N)c1NCc1cc(F)ccc1F. The molecule has 20 heavy (non-hydrogen) atoms. The van der Waals surface area contributed by atoms with E-state index in [2.05, 4.69) is 5.32 Å². The smallest absolute Gasteiger partial charge is 0.250 e. The van der Waals surface area contributed by atoms with Gasteiger partial charge in [-0.1, -0.05) is 6.07 Å². The van der Waals surface area contributed by atoms with Crippen molar-refractivity contribution in [2.24, 2.45) is 5.73 Å². The predicted octanol–water partition coefficient (Wildman–Crippen LogP) is 2.26. The average molecular weight is 277 g/mol. The molecule has 5 N–H and O–H groups in total. The molecular formula is C14H13F2N3O. The molecule has 0 aliphatic carbocycles. The van der Waals surface area contributed by atoms with Crippen molar-refractivity contribution in [2.45, 2.75) is 6.54 Å². The molecule has 2 rings (SSSR count). The number of hydrogen-bond acceptors (Lipinski definition) is 3. The Morgan fingerprint density at radius 3 is 2.65 bits per heavy atom. The molecule has 0 heterocycles. The number of benzene rings is 2. The Bertz CT molecular complexity index is 659. The highest BCUT2D eigenvalue weighted by Crippen LogP contribution is 2.24.